The second kappa shape index (κ2) is 5.54. The van der Waals surface area contributed by atoms with E-state index in [4.69, 9.17) is 11.6 Å². The van der Waals surface area contributed by atoms with Crippen molar-refractivity contribution >= 4 is 29.4 Å². The van der Waals surface area contributed by atoms with Crippen molar-refractivity contribution in [3.8, 4) is 0 Å². The molecule has 21 heavy (non-hydrogen) atoms. The van der Waals surface area contributed by atoms with Gasteiger partial charge in [-0.15, -0.1) is 0 Å². The van der Waals surface area contributed by atoms with Crippen LogP contribution in [0.1, 0.15) is 16.7 Å². The first-order valence-corrected chi connectivity index (χ1v) is 6.95. The van der Waals surface area contributed by atoms with E-state index < -0.39 is 0 Å². The van der Waals surface area contributed by atoms with Crippen LogP contribution in [0.3, 0.4) is 0 Å². The van der Waals surface area contributed by atoms with Crippen molar-refractivity contribution in [3.05, 3.63) is 75.9 Å². The zero-order chi connectivity index (χ0) is 14.8. The monoisotopic (exact) mass is 296 g/mol. The maximum atomic E-state index is 12.0. The van der Waals surface area contributed by atoms with Gasteiger partial charge in [-0.05, 0) is 36.3 Å². The first-order chi connectivity index (χ1) is 10.1. The first-order valence-electron chi connectivity index (χ1n) is 6.57. The standard InChI is InChI=1S/C17H13ClN2O/c1-11-6-2-3-7-12(11)10-15-17(21)20-16(19-15)13-8-4-5-9-14(13)18/h2-10H,1H3,(H,19,20,21)/b15-10-. The highest BCUT2D eigenvalue weighted by Crippen LogP contribution is 2.21. The van der Waals surface area contributed by atoms with Crippen molar-refractivity contribution in [2.24, 2.45) is 4.99 Å². The number of amides is 1. The minimum atomic E-state index is -0.215. The molecule has 4 heteroatoms. The van der Waals surface area contributed by atoms with Gasteiger partial charge in [0.1, 0.15) is 11.5 Å². The number of aryl methyl sites for hydroxylation is 1. The lowest BCUT2D eigenvalue weighted by molar-refractivity contribution is -0.115. The van der Waals surface area contributed by atoms with Crippen LogP contribution in [-0.2, 0) is 4.79 Å². The molecule has 1 aliphatic rings. The Morgan fingerprint density at radius 3 is 2.57 bits per heavy atom. The smallest absolute Gasteiger partial charge is 0.275 e. The Hall–Kier alpha value is -2.39. The molecule has 2 aromatic rings. The molecule has 0 aromatic heterocycles. The van der Waals surface area contributed by atoms with Crippen molar-refractivity contribution in [1.82, 2.24) is 5.32 Å². The molecule has 0 spiro atoms. The molecule has 1 heterocycles. The normalized spacial score (nSPS) is 16.0. The maximum Gasteiger partial charge on any atom is 0.275 e. The summed E-state index contributed by atoms with van der Waals surface area (Å²) in [7, 11) is 0. The fraction of sp³-hybridized carbons (Fsp3) is 0.0588. The van der Waals surface area contributed by atoms with E-state index >= 15 is 0 Å². The molecule has 0 atom stereocenters. The predicted molar refractivity (Wildman–Crippen MR) is 85.3 cm³/mol. The third kappa shape index (κ3) is 2.73. The predicted octanol–water partition coefficient (Wildman–Crippen LogP) is 3.57. The minimum absolute atomic E-state index is 0.215. The van der Waals surface area contributed by atoms with Crippen LogP contribution in [0.5, 0.6) is 0 Å². The summed E-state index contributed by atoms with van der Waals surface area (Å²) >= 11 is 6.13. The van der Waals surface area contributed by atoms with Crippen molar-refractivity contribution in [2.45, 2.75) is 6.92 Å². The molecule has 1 amide bonds. The lowest BCUT2D eigenvalue weighted by Gasteiger charge is -2.01. The molecule has 1 N–H and O–H groups in total. The SMILES string of the molecule is Cc1ccccc1/C=C1\N=C(c2ccccc2Cl)NC1=O. The van der Waals surface area contributed by atoms with Crippen LogP contribution in [0.15, 0.2) is 59.2 Å². The number of halogens is 1. The number of benzene rings is 2. The summed E-state index contributed by atoms with van der Waals surface area (Å²) in [4.78, 5) is 16.4. The quantitative estimate of drug-likeness (QED) is 0.846. The van der Waals surface area contributed by atoms with Gasteiger partial charge in [-0.25, -0.2) is 4.99 Å². The molecule has 1 aliphatic heterocycles. The molecule has 0 aliphatic carbocycles. The third-order valence-corrected chi connectivity index (χ3v) is 3.64. The zero-order valence-corrected chi connectivity index (χ0v) is 12.2. The van der Waals surface area contributed by atoms with E-state index in [-0.39, 0.29) is 5.91 Å². The Bertz CT molecular complexity index is 778. The van der Waals surface area contributed by atoms with Crippen LogP contribution in [-0.4, -0.2) is 11.7 Å². The number of aliphatic imine (C=N–C) groups is 1. The van der Waals surface area contributed by atoms with E-state index in [2.05, 4.69) is 10.3 Å². The van der Waals surface area contributed by atoms with Crippen LogP contribution in [0.25, 0.3) is 6.08 Å². The highest BCUT2D eigenvalue weighted by atomic mass is 35.5. The van der Waals surface area contributed by atoms with E-state index in [1.165, 1.54) is 0 Å². The van der Waals surface area contributed by atoms with E-state index in [9.17, 15) is 4.79 Å². The van der Waals surface area contributed by atoms with Gasteiger partial charge in [-0.2, -0.15) is 0 Å². The molecule has 0 saturated heterocycles. The van der Waals surface area contributed by atoms with Crippen LogP contribution < -0.4 is 5.32 Å². The van der Waals surface area contributed by atoms with E-state index in [0.29, 0.717) is 16.6 Å². The van der Waals surface area contributed by atoms with E-state index in [0.717, 1.165) is 16.7 Å². The van der Waals surface area contributed by atoms with Gasteiger partial charge >= 0.3 is 0 Å². The number of hydrogen-bond donors (Lipinski definition) is 1. The molecule has 0 fully saturated rings. The molecule has 0 bridgehead atoms. The summed E-state index contributed by atoms with van der Waals surface area (Å²) in [5.74, 6) is 0.276. The highest BCUT2D eigenvalue weighted by Gasteiger charge is 2.22. The molecular formula is C17H13ClN2O. The molecule has 0 unspecified atom stereocenters. The second-order valence-electron chi connectivity index (χ2n) is 4.78. The third-order valence-electron chi connectivity index (χ3n) is 3.31. The molecule has 3 rings (SSSR count). The van der Waals surface area contributed by atoms with Gasteiger partial charge < -0.3 is 5.32 Å². The number of amidine groups is 1. The second-order valence-corrected chi connectivity index (χ2v) is 5.19. The summed E-state index contributed by atoms with van der Waals surface area (Å²) in [6, 6.07) is 15.2. The van der Waals surface area contributed by atoms with Crippen LogP contribution in [0, 0.1) is 6.92 Å². The number of hydrogen-bond acceptors (Lipinski definition) is 2. The average molecular weight is 297 g/mol. The Labute approximate surface area is 128 Å². The Balaban J connectivity index is 2.00. The van der Waals surface area contributed by atoms with E-state index in [1.54, 1.807) is 12.1 Å². The van der Waals surface area contributed by atoms with Crippen LogP contribution >= 0.6 is 11.6 Å². The van der Waals surface area contributed by atoms with Crippen molar-refractivity contribution in [2.75, 3.05) is 0 Å². The van der Waals surface area contributed by atoms with Gasteiger partial charge in [0.15, 0.2) is 0 Å². The molecule has 104 valence electrons. The van der Waals surface area contributed by atoms with Crippen molar-refractivity contribution < 1.29 is 4.79 Å². The maximum absolute atomic E-state index is 12.0. The molecule has 2 aromatic carbocycles. The highest BCUT2D eigenvalue weighted by molar-refractivity contribution is 6.35. The fourth-order valence-corrected chi connectivity index (χ4v) is 2.37. The number of nitrogens with one attached hydrogen (secondary N) is 1. The van der Waals surface area contributed by atoms with Crippen LogP contribution in [0.2, 0.25) is 5.02 Å². The Morgan fingerprint density at radius 1 is 1.10 bits per heavy atom. The van der Waals surface area contributed by atoms with Gasteiger partial charge in [0.2, 0.25) is 0 Å². The van der Waals surface area contributed by atoms with Gasteiger partial charge in [0.05, 0.1) is 5.02 Å². The summed E-state index contributed by atoms with van der Waals surface area (Å²) in [5.41, 5.74) is 3.19. The minimum Gasteiger partial charge on any atom is -0.305 e. The summed E-state index contributed by atoms with van der Waals surface area (Å²) in [6.45, 7) is 2.00. The number of rotatable bonds is 2. The van der Waals surface area contributed by atoms with Crippen LogP contribution in [0.4, 0.5) is 0 Å². The molecule has 0 radical (unpaired) electrons. The Morgan fingerprint density at radius 2 is 1.81 bits per heavy atom. The molecule has 0 saturated carbocycles. The molecule has 3 nitrogen and oxygen atoms in total. The largest absolute Gasteiger partial charge is 0.305 e. The fourth-order valence-electron chi connectivity index (χ4n) is 2.15. The summed E-state index contributed by atoms with van der Waals surface area (Å²) in [5, 5.41) is 3.32. The van der Waals surface area contributed by atoms with Gasteiger partial charge in [-0.3, -0.25) is 4.79 Å². The lowest BCUT2D eigenvalue weighted by Crippen LogP contribution is -2.24. The first kappa shape index (κ1) is 13.6. The lowest BCUT2D eigenvalue weighted by atomic mass is 10.1. The van der Waals surface area contributed by atoms with Crippen molar-refractivity contribution in [1.29, 1.82) is 0 Å². The molecular weight excluding hydrogens is 284 g/mol. The number of carbonyl (C=O) groups excluding carboxylic acids is 1. The summed E-state index contributed by atoms with van der Waals surface area (Å²) in [6.07, 6.45) is 1.79. The van der Waals surface area contributed by atoms with Gasteiger partial charge in [0, 0.05) is 5.56 Å². The number of nitrogens with zero attached hydrogens (tertiary/aromatic N) is 1. The van der Waals surface area contributed by atoms with Gasteiger partial charge in [-0.1, -0.05) is 48.0 Å². The van der Waals surface area contributed by atoms with Gasteiger partial charge in [0.25, 0.3) is 5.91 Å². The summed E-state index contributed by atoms with van der Waals surface area (Å²) < 4.78 is 0. The zero-order valence-electron chi connectivity index (χ0n) is 11.4. The average Bonchev–Trinajstić information content (AvgIpc) is 2.83. The Kier molecular flexibility index (Phi) is 3.59. The van der Waals surface area contributed by atoms with Crippen molar-refractivity contribution in [3.63, 3.8) is 0 Å². The number of carbonyl (C=O) groups is 1. The van der Waals surface area contributed by atoms with E-state index in [1.807, 2.05) is 49.4 Å². The topological polar surface area (TPSA) is 41.5 Å².